The second-order valence-electron chi connectivity index (χ2n) is 5.24. The highest BCUT2D eigenvalue weighted by Gasteiger charge is 2.31. The molecule has 1 atom stereocenters. The molecule has 20 heavy (non-hydrogen) atoms. The standard InChI is InChI=1S/C15H19NO3S/c1-10(2)20-13-6-4-3-5-12(13)14(17)16-8-7-11(9-16)15(18)19/h3-6,10-11H,7-9H2,1-2H3,(H,18,19). The lowest BCUT2D eigenvalue weighted by molar-refractivity contribution is -0.141. The molecule has 1 aliphatic heterocycles. The summed E-state index contributed by atoms with van der Waals surface area (Å²) in [6.45, 7) is 5.01. The number of carbonyl (C=O) groups is 2. The number of aliphatic carboxylic acids is 1. The number of thioether (sulfide) groups is 1. The van der Waals surface area contributed by atoms with E-state index in [1.165, 1.54) is 0 Å². The molecule has 108 valence electrons. The fourth-order valence-corrected chi connectivity index (χ4v) is 3.26. The van der Waals surface area contributed by atoms with E-state index in [1.54, 1.807) is 16.7 Å². The summed E-state index contributed by atoms with van der Waals surface area (Å²) >= 11 is 1.66. The second kappa shape index (κ2) is 6.31. The van der Waals surface area contributed by atoms with Crippen LogP contribution in [0.4, 0.5) is 0 Å². The molecule has 1 aromatic rings. The van der Waals surface area contributed by atoms with Crippen LogP contribution in [0.2, 0.25) is 0 Å². The first-order valence-corrected chi connectivity index (χ1v) is 7.64. The van der Waals surface area contributed by atoms with Crippen molar-refractivity contribution in [2.45, 2.75) is 30.4 Å². The Morgan fingerprint density at radius 2 is 2.05 bits per heavy atom. The van der Waals surface area contributed by atoms with Gasteiger partial charge in [-0.25, -0.2) is 0 Å². The highest BCUT2D eigenvalue weighted by molar-refractivity contribution is 8.00. The number of nitrogens with zero attached hydrogens (tertiary/aromatic N) is 1. The summed E-state index contributed by atoms with van der Waals surface area (Å²) in [6.07, 6.45) is 0.542. The summed E-state index contributed by atoms with van der Waals surface area (Å²) in [5, 5.41) is 9.41. The predicted octanol–water partition coefficient (Wildman–Crippen LogP) is 2.73. The Balaban J connectivity index is 2.16. The van der Waals surface area contributed by atoms with Gasteiger partial charge in [-0.3, -0.25) is 9.59 Å². The first kappa shape index (κ1) is 14.9. The topological polar surface area (TPSA) is 57.6 Å². The average molecular weight is 293 g/mol. The molecule has 1 saturated heterocycles. The van der Waals surface area contributed by atoms with Crippen LogP contribution < -0.4 is 0 Å². The molecule has 1 aliphatic rings. The van der Waals surface area contributed by atoms with E-state index in [4.69, 9.17) is 5.11 Å². The molecule has 4 nitrogen and oxygen atoms in total. The number of carboxylic acids is 1. The third-order valence-corrected chi connectivity index (χ3v) is 4.39. The van der Waals surface area contributed by atoms with Gasteiger partial charge < -0.3 is 10.0 Å². The van der Waals surface area contributed by atoms with E-state index in [0.29, 0.717) is 30.3 Å². The fourth-order valence-electron chi connectivity index (χ4n) is 2.32. The van der Waals surface area contributed by atoms with E-state index in [2.05, 4.69) is 13.8 Å². The molecular weight excluding hydrogens is 274 g/mol. The first-order chi connectivity index (χ1) is 9.49. The third-order valence-electron chi connectivity index (χ3n) is 3.30. The molecule has 1 unspecified atom stereocenters. The lowest BCUT2D eigenvalue weighted by Gasteiger charge is -2.18. The summed E-state index contributed by atoms with van der Waals surface area (Å²) in [7, 11) is 0. The number of carbonyl (C=O) groups excluding carboxylic acids is 1. The Kier molecular flexibility index (Phi) is 4.70. The molecule has 1 fully saturated rings. The van der Waals surface area contributed by atoms with Crippen molar-refractivity contribution in [2.24, 2.45) is 5.92 Å². The van der Waals surface area contributed by atoms with E-state index < -0.39 is 11.9 Å². The van der Waals surface area contributed by atoms with Gasteiger partial charge in [-0.15, -0.1) is 11.8 Å². The van der Waals surface area contributed by atoms with Crippen LogP contribution in [-0.4, -0.2) is 40.2 Å². The number of hydrogen-bond acceptors (Lipinski definition) is 3. The first-order valence-electron chi connectivity index (χ1n) is 6.76. The minimum Gasteiger partial charge on any atom is -0.481 e. The smallest absolute Gasteiger partial charge is 0.308 e. The molecule has 1 amide bonds. The van der Waals surface area contributed by atoms with Gasteiger partial charge in [0.1, 0.15) is 0 Å². The van der Waals surface area contributed by atoms with Crippen molar-refractivity contribution in [1.82, 2.24) is 4.90 Å². The van der Waals surface area contributed by atoms with Crippen LogP contribution in [0.15, 0.2) is 29.2 Å². The van der Waals surface area contributed by atoms with Crippen molar-refractivity contribution in [3.8, 4) is 0 Å². The van der Waals surface area contributed by atoms with Gasteiger partial charge in [-0.1, -0.05) is 26.0 Å². The molecule has 2 rings (SSSR count). The van der Waals surface area contributed by atoms with E-state index in [9.17, 15) is 9.59 Å². The lowest BCUT2D eigenvalue weighted by Crippen LogP contribution is -2.30. The van der Waals surface area contributed by atoms with Gasteiger partial charge in [0, 0.05) is 23.2 Å². The Bertz CT molecular complexity index is 516. The van der Waals surface area contributed by atoms with Gasteiger partial charge in [0.2, 0.25) is 0 Å². The molecule has 0 radical (unpaired) electrons. The Morgan fingerprint density at radius 3 is 2.65 bits per heavy atom. The van der Waals surface area contributed by atoms with Gasteiger partial charge in [0.05, 0.1) is 11.5 Å². The largest absolute Gasteiger partial charge is 0.481 e. The maximum atomic E-state index is 12.5. The van der Waals surface area contributed by atoms with Crippen LogP contribution in [0.5, 0.6) is 0 Å². The second-order valence-corrected chi connectivity index (χ2v) is 6.86. The van der Waals surface area contributed by atoms with E-state index in [0.717, 1.165) is 4.90 Å². The number of amides is 1. The lowest BCUT2D eigenvalue weighted by atomic mass is 10.1. The highest BCUT2D eigenvalue weighted by Crippen LogP contribution is 2.28. The average Bonchev–Trinajstić information content (AvgIpc) is 2.87. The van der Waals surface area contributed by atoms with E-state index in [1.807, 2.05) is 24.3 Å². The minimum absolute atomic E-state index is 0.0579. The van der Waals surface area contributed by atoms with Crippen molar-refractivity contribution in [3.05, 3.63) is 29.8 Å². The van der Waals surface area contributed by atoms with Crippen molar-refractivity contribution in [1.29, 1.82) is 0 Å². The van der Waals surface area contributed by atoms with E-state index >= 15 is 0 Å². The molecule has 0 aliphatic carbocycles. The van der Waals surface area contributed by atoms with Gasteiger partial charge in [0.25, 0.3) is 5.91 Å². The van der Waals surface area contributed by atoms with Gasteiger partial charge >= 0.3 is 5.97 Å². The summed E-state index contributed by atoms with van der Waals surface area (Å²) < 4.78 is 0. The van der Waals surface area contributed by atoms with Crippen molar-refractivity contribution < 1.29 is 14.7 Å². The van der Waals surface area contributed by atoms with Crippen LogP contribution in [0, 0.1) is 5.92 Å². The molecule has 1 N–H and O–H groups in total. The Morgan fingerprint density at radius 1 is 1.35 bits per heavy atom. The Hall–Kier alpha value is -1.49. The summed E-state index contributed by atoms with van der Waals surface area (Å²) in [5.41, 5.74) is 0.678. The predicted molar refractivity (Wildman–Crippen MR) is 79.1 cm³/mol. The van der Waals surface area contributed by atoms with Crippen LogP contribution >= 0.6 is 11.8 Å². The number of benzene rings is 1. The van der Waals surface area contributed by atoms with Gasteiger partial charge in [0.15, 0.2) is 0 Å². The fraction of sp³-hybridized carbons (Fsp3) is 0.467. The van der Waals surface area contributed by atoms with Gasteiger partial charge in [-0.2, -0.15) is 0 Å². The highest BCUT2D eigenvalue weighted by atomic mass is 32.2. The van der Waals surface area contributed by atoms with E-state index in [-0.39, 0.29) is 5.91 Å². The molecule has 0 saturated carbocycles. The Labute approximate surface area is 123 Å². The zero-order chi connectivity index (χ0) is 14.7. The zero-order valence-corrected chi connectivity index (χ0v) is 12.5. The van der Waals surface area contributed by atoms with Crippen LogP contribution in [0.25, 0.3) is 0 Å². The van der Waals surface area contributed by atoms with Crippen molar-refractivity contribution in [3.63, 3.8) is 0 Å². The number of rotatable bonds is 4. The third kappa shape index (κ3) is 3.33. The monoisotopic (exact) mass is 293 g/mol. The molecule has 0 spiro atoms. The summed E-state index contributed by atoms with van der Waals surface area (Å²) in [5.74, 6) is -1.30. The normalized spacial score (nSPS) is 18.6. The number of likely N-dealkylation sites (tertiary alicyclic amines) is 1. The van der Waals surface area contributed by atoms with Crippen LogP contribution in [0.1, 0.15) is 30.6 Å². The number of hydrogen-bond donors (Lipinski definition) is 1. The molecule has 1 heterocycles. The van der Waals surface area contributed by atoms with Crippen LogP contribution in [-0.2, 0) is 4.79 Å². The van der Waals surface area contributed by atoms with Crippen molar-refractivity contribution >= 4 is 23.6 Å². The van der Waals surface area contributed by atoms with Gasteiger partial charge in [-0.05, 0) is 18.6 Å². The quantitative estimate of drug-likeness (QED) is 0.867. The minimum atomic E-state index is -0.815. The molecule has 5 heteroatoms. The maximum Gasteiger partial charge on any atom is 0.308 e. The molecule has 0 bridgehead atoms. The zero-order valence-electron chi connectivity index (χ0n) is 11.7. The summed E-state index contributed by atoms with van der Waals surface area (Å²) in [6, 6.07) is 7.54. The maximum absolute atomic E-state index is 12.5. The van der Waals surface area contributed by atoms with Crippen LogP contribution in [0.3, 0.4) is 0 Å². The molecule has 1 aromatic carbocycles. The molecular formula is C15H19NO3S. The molecule has 0 aromatic heterocycles. The summed E-state index contributed by atoms with van der Waals surface area (Å²) in [4.78, 5) is 26.1. The number of carboxylic acid groups (broad SMARTS) is 1. The SMILES string of the molecule is CC(C)Sc1ccccc1C(=O)N1CCC(C(=O)O)C1. The van der Waals surface area contributed by atoms with Crippen molar-refractivity contribution in [2.75, 3.05) is 13.1 Å².